The Morgan fingerprint density at radius 2 is 1.88 bits per heavy atom. The molecule has 0 amide bonds. The van der Waals surface area contributed by atoms with Crippen LogP contribution in [-0.2, 0) is 19.1 Å². The number of aliphatic hydroxyl groups is 4. The largest absolute Gasteiger partial charge is 0.390 e. The van der Waals surface area contributed by atoms with Gasteiger partial charge in [0.25, 0.3) is 0 Å². The molecule has 0 radical (unpaired) electrons. The molecule has 5 rings (SSSR count). The number of fused-ring (bicyclic) bond motifs is 7. The third-order valence-electron chi connectivity index (χ3n) is 9.68. The van der Waals surface area contributed by atoms with Gasteiger partial charge in [0.2, 0.25) is 0 Å². The fraction of sp³-hybridized carbons (Fsp3) is 0.833. The lowest BCUT2D eigenvalue weighted by atomic mass is 9.42. The standard InChI is InChI=1S/C24H33FO8/c1-20(2)32-16-8-12-17-19(31)18(30)13-7-11(27)5-6-21(13,3)23(17,25)14(28)9-22(12,4)24(16,33-20)15(29)10-26/h7,12,14,16-19,26,28,30-31H,5-6,8-10H2,1-4H3/t12-,14-,16-,17+,18-,19+,21-,22-,23+,24-/m0/s1. The van der Waals surface area contributed by atoms with Crippen molar-refractivity contribution in [3.05, 3.63) is 11.6 Å². The van der Waals surface area contributed by atoms with Crippen molar-refractivity contribution in [1.82, 2.24) is 0 Å². The Morgan fingerprint density at radius 1 is 1.21 bits per heavy atom. The highest BCUT2D eigenvalue weighted by molar-refractivity contribution is 5.92. The molecule has 1 saturated heterocycles. The van der Waals surface area contributed by atoms with Crippen LogP contribution in [0.15, 0.2) is 11.6 Å². The number of hydrogen-bond acceptors (Lipinski definition) is 8. The van der Waals surface area contributed by atoms with Crippen molar-refractivity contribution >= 4 is 11.6 Å². The summed E-state index contributed by atoms with van der Waals surface area (Å²) in [4.78, 5) is 25.3. The van der Waals surface area contributed by atoms with E-state index in [-0.39, 0.29) is 37.0 Å². The summed E-state index contributed by atoms with van der Waals surface area (Å²) in [6, 6.07) is 0. The van der Waals surface area contributed by atoms with Crippen LogP contribution in [0.4, 0.5) is 4.39 Å². The van der Waals surface area contributed by atoms with Gasteiger partial charge in [-0.25, -0.2) is 4.39 Å². The number of Topliss-reactive ketones (excluding diaryl/α,β-unsaturated/α-hetero) is 1. The Morgan fingerprint density at radius 3 is 2.52 bits per heavy atom. The van der Waals surface area contributed by atoms with Gasteiger partial charge in [-0.1, -0.05) is 13.8 Å². The maximum atomic E-state index is 17.3. The number of alkyl halides is 1. The fourth-order valence-corrected chi connectivity index (χ4v) is 8.30. The Labute approximate surface area is 191 Å². The lowest BCUT2D eigenvalue weighted by Crippen LogP contribution is -2.75. The summed E-state index contributed by atoms with van der Waals surface area (Å²) in [5, 5.41) is 43.5. The van der Waals surface area contributed by atoms with Crippen LogP contribution in [0.2, 0.25) is 0 Å². The smallest absolute Gasteiger partial charge is 0.193 e. The van der Waals surface area contributed by atoms with Crippen molar-refractivity contribution in [2.75, 3.05) is 6.61 Å². The van der Waals surface area contributed by atoms with E-state index in [1.54, 1.807) is 27.7 Å². The van der Waals surface area contributed by atoms with Crippen LogP contribution in [0.1, 0.15) is 53.4 Å². The number of ether oxygens (including phenoxy) is 2. The van der Waals surface area contributed by atoms with Gasteiger partial charge >= 0.3 is 0 Å². The van der Waals surface area contributed by atoms with E-state index in [2.05, 4.69) is 0 Å². The first kappa shape index (κ1) is 23.5. The number of aliphatic hydroxyl groups excluding tert-OH is 4. The fourth-order valence-electron chi connectivity index (χ4n) is 8.30. The predicted octanol–water partition coefficient (Wildman–Crippen LogP) is 0.584. The molecule has 1 heterocycles. The molecule has 33 heavy (non-hydrogen) atoms. The lowest BCUT2D eigenvalue weighted by molar-refractivity contribution is -0.275. The van der Waals surface area contributed by atoms with Crippen molar-refractivity contribution in [2.45, 2.75) is 94.9 Å². The molecule has 0 spiro atoms. The number of ketones is 2. The molecule has 0 unspecified atom stereocenters. The molecule has 4 N–H and O–H groups in total. The maximum absolute atomic E-state index is 17.3. The van der Waals surface area contributed by atoms with Crippen molar-refractivity contribution < 1.29 is 43.9 Å². The first-order valence-electron chi connectivity index (χ1n) is 11.7. The highest BCUT2D eigenvalue weighted by Crippen LogP contribution is 2.72. The molecule has 0 aromatic heterocycles. The van der Waals surface area contributed by atoms with E-state index in [0.717, 1.165) is 0 Å². The second-order valence-corrected chi connectivity index (χ2v) is 11.5. The summed E-state index contributed by atoms with van der Waals surface area (Å²) in [5.41, 5.74) is -6.39. The van der Waals surface area contributed by atoms with Crippen LogP contribution in [-0.4, -0.2) is 80.1 Å². The summed E-state index contributed by atoms with van der Waals surface area (Å²) in [7, 11) is 0. The molecule has 0 aromatic rings. The lowest BCUT2D eigenvalue weighted by Gasteiger charge is -2.65. The SMILES string of the molecule is CC1(C)O[C@H]2C[C@H]3[C@@H]4[C@@H](O)[C@@H](O)C5=CC(=O)CC[C@]5(C)[C@@]4(F)[C@@H](O)C[C@]3(C)[C@@]2(C(=O)CO)O1. The van der Waals surface area contributed by atoms with Gasteiger partial charge in [0, 0.05) is 23.2 Å². The Bertz CT molecular complexity index is 949. The van der Waals surface area contributed by atoms with Gasteiger partial charge in [-0.05, 0) is 50.7 Å². The molecule has 0 aromatic carbocycles. The van der Waals surface area contributed by atoms with Crippen LogP contribution in [0.5, 0.6) is 0 Å². The molecule has 1 aliphatic heterocycles. The number of carbonyl (C=O) groups is 2. The summed E-state index contributed by atoms with van der Waals surface area (Å²) in [6.07, 6.45) is -4.12. The van der Waals surface area contributed by atoms with Crippen LogP contribution in [0.3, 0.4) is 0 Å². The molecule has 4 fully saturated rings. The second kappa shape index (κ2) is 6.71. The maximum Gasteiger partial charge on any atom is 0.193 e. The zero-order valence-corrected chi connectivity index (χ0v) is 19.4. The molecule has 8 nitrogen and oxygen atoms in total. The van der Waals surface area contributed by atoms with Gasteiger partial charge in [0.05, 0.1) is 18.3 Å². The zero-order chi connectivity index (χ0) is 24.4. The minimum absolute atomic E-state index is 0.0752. The van der Waals surface area contributed by atoms with Crippen molar-refractivity contribution in [1.29, 1.82) is 0 Å². The average Bonchev–Trinajstić information content (AvgIpc) is 3.14. The topological polar surface area (TPSA) is 134 Å². The third-order valence-corrected chi connectivity index (χ3v) is 9.68. The molecule has 4 aliphatic carbocycles. The van der Waals surface area contributed by atoms with Gasteiger partial charge < -0.3 is 29.9 Å². The number of halogens is 1. The van der Waals surface area contributed by atoms with Crippen molar-refractivity contribution in [3.63, 3.8) is 0 Å². The quantitative estimate of drug-likeness (QED) is 0.463. The molecule has 0 bridgehead atoms. The van der Waals surface area contributed by atoms with Gasteiger partial charge in [-0.15, -0.1) is 0 Å². The number of hydrogen-bond donors (Lipinski definition) is 4. The van der Waals surface area contributed by atoms with Crippen molar-refractivity contribution in [3.8, 4) is 0 Å². The highest BCUT2D eigenvalue weighted by atomic mass is 19.1. The minimum Gasteiger partial charge on any atom is -0.390 e. The third kappa shape index (κ3) is 2.51. The molecule has 9 heteroatoms. The normalized spacial score (nSPS) is 54.7. The van der Waals surface area contributed by atoms with Crippen molar-refractivity contribution in [2.24, 2.45) is 22.7 Å². The first-order valence-corrected chi connectivity index (χ1v) is 11.7. The number of rotatable bonds is 2. The minimum atomic E-state index is -2.35. The van der Waals surface area contributed by atoms with Gasteiger partial charge in [-0.2, -0.15) is 0 Å². The van der Waals surface area contributed by atoms with Gasteiger partial charge in [0.1, 0.15) is 12.7 Å². The molecule has 3 saturated carbocycles. The van der Waals surface area contributed by atoms with E-state index in [1.165, 1.54) is 6.08 Å². The Hall–Kier alpha value is -1.23. The van der Waals surface area contributed by atoms with Gasteiger partial charge in [0.15, 0.2) is 28.6 Å². The molecular weight excluding hydrogens is 435 g/mol. The monoisotopic (exact) mass is 468 g/mol. The van der Waals surface area contributed by atoms with E-state index in [0.29, 0.717) is 0 Å². The number of carbonyl (C=O) groups excluding carboxylic acids is 2. The molecule has 5 aliphatic rings. The summed E-state index contributed by atoms with van der Waals surface area (Å²) >= 11 is 0. The molecule has 10 atom stereocenters. The van der Waals surface area contributed by atoms with E-state index < -0.39 is 76.5 Å². The highest BCUT2D eigenvalue weighted by Gasteiger charge is 2.81. The van der Waals surface area contributed by atoms with E-state index >= 15 is 4.39 Å². The van der Waals surface area contributed by atoms with Gasteiger partial charge in [-0.3, -0.25) is 9.59 Å². The summed E-state index contributed by atoms with van der Waals surface area (Å²) < 4.78 is 29.6. The van der Waals surface area contributed by atoms with Crippen LogP contribution in [0.25, 0.3) is 0 Å². The predicted molar refractivity (Wildman–Crippen MR) is 111 cm³/mol. The Kier molecular flexibility index (Phi) is 4.78. The van der Waals surface area contributed by atoms with E-state index in [1.807, 2.05) is 0 Å². The Balaban J connectivity index is 1.69. The second-order valence-electron chi connectivity index (χ2n) is 11.5. The molecular formula is C24H33FO8. The van der Waals surface area contributed by atoms with Crippen LogP contribution < -0.4 is 0 Å². The van der Waals surface area contributed by atoms with Crippen LogP contribution in [0, 0.1) is 22.7 Å². The summed E-state index contributed by atoms with van der Waals surface area (Å²) in [5.74, 6) is -3.92. The average molecular weight is 469 g/mol. The molecule has 184 valence electrons. The van der Waals surface area contributed by atoms with E-state index in [9.17, 15) is 30.0 Å². The first-order chi connectivity index (χ1) is 15.2. The zero-order valence-electron chi connectivity index (χ0n) is 19.4. The summed E-state index contributed by atoms with van der Waals surface area (Å²) in [6.45, 7) is 5.82. The van der Waals surface area contributed by atoms with Crippen LogP contribution >= 0.6 is 0 Å². The van der Waals surface area contributed by atoms with E-state index in [4.69, 9.17) is 9.47 Å².